The van der Waals surface area contributed by atoms with Crippen LogP contribution in [0.1, 0.15) is 35.2 Å². The zero-order valence-electron chi connectivity index (χ0n) is 14.9. The summed E-state index contributed by atoms with van der Waals surface area (Å²) in [6.07, 6.45) is 2.28. The van der Waals surface area contributed by atoms with Gasteiger partial charge in [-0.25, -0.2) is 8.42 Å². The van der Waals surface area contributed by atoms with Crippen LogP contribution >= 0.6 is 0 Å². The van der Waals surface area contributed by atoms with Gasteiger partial charge in [-0.15, -0.1) is 0 Å². The zero-order chi connectivity index (χ0) is 18.7. The van der Waals surface area contributed by atoms with Crippen molar-refractivity contribution in [2.24, 2.45) is 0 Å². The second-order valence-corrected chi connectivity index (χ2v) is 8.55. The van der Waals surface area contributed by atoms with Gasteiger partial charge in [-0.2, -0.15) is 4.31 Å². The van der Waals surface area contributed by atoms with E-state index in [9.17, 15) is 13.2 Å². The van der Waals surface area contributed by atoms with E-state index in [2.05, 4.69) is 6.58 Å². The summed E-state index contributed by atoms with van der Waals surface area (Å²) >= 11 is 0. The lowest BCUT2D eigenvalue weighted by atomic mass is 9.93. The Labute approximate surface area is 155 Å². The van der Waals surface area contributed by atoms with Crippen molar-refractivity contribution >= 4 is 15.8 Å². The Hall–Kier alpha value is -2.24. The maximum absolute atomic E-state index is 13.1. The summed E-state index contributed by atoms with van der Waals surface area (Å²) < 4.78 is 27.7. The standard InChI is InChI=1S/C21H23NO3S/c1-16-11-13-19(14-12-16)26(24,25)22-15-7-6-10-20(22)17(2)21(23)18-8-4-3-5-9-18/h3-5,8-9,11-14,20H,2,6-7,10,15H2,1H3. The lowest BCUT2D eigenvalue weighted by Crippen LogP contribution is -2.45. The predicted octanol–water partition coefficient (Wildman–Crippen LogP) is 3.98. The van der Waals surface area contributed by atoms with E-state index < -0.39 is 16.1 Å². The SMILES string of the molecule is C=C(C(=O)c1ccccc1)C1CCCCN1S(=O)(=O)c1ccc(C)cc1. The second kappa shape index (κ2) is 7.56. The van der Waals surface area contributed by atoms with Crippen LogP contribution in [0, 0.1) is 6.92 Å². The molecule has 0 amide bonds. The molecule has 3 rings (SSSR count). The lowest BCUT2D eigenvalue weighted by Gasteiger charge is -2.35. The summed E-state index contributed by atoms with van der Waals surface area (Å²) in [4.78, 5) is 13.0. The quantitative estimate of drug-likeness (QED) is 0.592. The fourth-order valence-electron chi connectivity index (χ4n) is 3.31. The minimum Gasteiger partial charge on any atom is -0.289 e. The molecule has 0 saturated carbocycles. The van der Waals surface area contributed by atoms with Crippen LogP contribution in [0.2, 0.25) is 0 Å². The van der Waals surface area contributed by atoms with Crippen molar-refractivity contribution < 1.29 is 13.2 Å². The number of Topliss-reactive ketones (excluding diaryl/α,β-unsaturated/α-hetero) is 1. The summed E-state index contributed by atoms with van der Waals surface area (Å²) in [6, 6.07) is 15.2. The first-order chi connectivity index (χ1) is 12.4. The van der Waals surface area contributed by atoms with Crippen molar-refractivity contribution in [1.82, 2.24) is 4.31 Å². The van der Waals surface area contributed by atoms with Gasteiger partial charge in [-0.3, -0.25) is 4.79 Å². The zero-order valence-corrected chi connectivity index (χ0v) is 15.7. The average Bonchev–Trinajstić information content (AvgIpc) is 2.68. The van der Waals surface area contributed by atoms with Gasteiger partial charge < -0.3 is 0 Å². The third-order valence-corrected chi connectivity index (χ3v) is 6.73. The van der Waals surface area contributed by atoms with E-state index in [4.69, 9.17) is 0 Å². The molecular weight excluding hydrogens is 346 g/mol. The third-order valence-electron chi connectivity index (χ3n) is 4.81. The van der Waals surface area contributed by atoms with Crippen LogP contribution < -0.4 is 0 Å². The molecule has 1 fully saturated rings. The molecule has 1 saturated heterocycles. The number of aryl methyl sites for hydroxylation is 1. The Balaban J connectivity index is 1.91. The highest BCUT2D eigenvalue weighted by atomic mass is 32.2. The Morgan fingerprint density at radius 1 is 1.04 bits per heavy atom. The number of hydrogen-bond donors (Lipinski definition) is 0. The summed E-state index contributed by atoms with van der Waals surface area (Å²) in [7, 11) is -3.67. The van der Waals surface area contributed by atoms with Gasteiger partial charge >= 0.3 is 0 Å². The number of piperidine rings is 1. The van der Waals surface area contributed by atoms with Crippen molar-refractivity contribution in [3.8, 4) is 0 Å². The minimum atomic E-state index is -3.67. The fraction of sp³-hybridized carbons (Fsp3) is 0.286. The monoisotopic (exact) mass is 369 g/mol. The molecule has 26 heavy (non-hydrogen) atoms. The normalized spacial score (nSPS) is 18.4. The molecule has 1 aliphatic rings. The highest BCUT2D eigenvalue weighted by Crippen LogP contribution is 2.30. The number of benzene rings is 2. The smallest absolute Gasteiger partial charge is 0.243 e. The van der Waals surface area contributed by atoms with Crippen molar-refractivity contribution in [2.75, 3.05) is 6.54 Å². The largest absolute Gasteiger partial charge is 0.289 e. The van der Waals surface area contributed by atoms with Crippen LogP contribution in [0.4, 0.5) is 0 Å². The van der Waals surface area contributed by atoms with Gasteiger partial charge in [0.25, 0.3) is 0 Å². The Kier molecular flexibility index (Phi) is 5.39. The first-order valence-electron chi connectivity index (χ1n) is 8.78. The number of sulfonamides is 1. The molecule has 1 aliphatic heterocycles. The summed E-state index contributed by atoms with van der Waals surface area (Å²) in [5, 5.41) is 0. The highest BCUT2D eigenvalue weighted by Gasteiger charge is 2.36. The Bertz CT molecular complexity index is 902. The summed E-state index contributed by atoms with van der Waals surface area (Å²) in [5.41, 5.74) is 1.88. The maximum atomic E-state index is 13.1. The van der Waals surface area contributed by atoms with Crippen LogP contribution in [0.5, 0.6) is 0 Å². The molecule has 2 aromatic rings. The topological polar surface area (TPSA) is 54.5 Å². The molecule has 1 heterocycles. The van der Waals surface area contributed by atoms with Gasteiger partial charge in [0, 0.05) is 17.7 Å². The number of carbonyl (C=O) groups excluding carboxylic acids is 1. The van der Waals surface area contributed by atoms with E-state index in [-0.39, 0.29) is 10.7 Å². The van der Waals surface area contributed by atoms with Crippen molar-refractivity contribution in [3.05, 3.63) is 77.9 Å². The average molecular weight is 369 g/mol. The molecular formula is C21H23NO3S. The van der Waals surface area contributed by atoms with Crippen LogP contribution in [0.25, 0.3) is 0 Å². The first-order valence-corrected chi connectivity index (χ1v) is 10.2. The van der Waals surface area contributed by atoms with E-state index >= 15 is 0 Å². The van der Waals surface area contributed by atoms with Crippen molar-refractivity contribution in [1.29, 1.82) is 0 Å². The molecule has 4 nitrogen and oxygen atoms in total. The van der Waals surface area contributed by atoms with Crippen LogP contribution in [-0.4, -0.2) is 31.1 Å². The van der Waals surface area contributed by atoms with E-state index in [1.807, 2.05) is 13.0 Å². The number of carbonyl (C=O) groups is 1. The molecule has 5 heteroatoms. The molecule has 1 unspecified atom stereocenters. The van der Waals surface area contributed by atoms with Crippen molar-refractivity contribution in [3.63, 3.8) is 0 Å². The van der Waals surface area contributed by atoms with Crippen LogP contribution in [0.3, 0.4) is 0 Å². The molecule has 136 valence electrons. The molecule has 0 aromatic heterocycles. The van der Waals surface area contributed by atoms with Crippen LogP contribution in [-0.2, 0) is 10.0 Å². The van der Waals surface area contributed by atoms with Gasteiger partial charge in [0.1, 0.15) is 0 Å². The lowest BCUT2D eigenvalue weighted by molar-refractivity contribution is 0.101. The summed E-state index contributed by atoms with van der Waals surface area (Å²) in [6.45, 7) is 6.29. The molecule has 0 N–H and O–H groups in total. The minimum absolute atomic E-state index is 0.193. The maximum Gasteiger partial charge on any atom is 0.243 e. The van der Waals surface area contributed by atoms with Gasteiger partial charge in [-0.05, 0) is 31.9 Å². The number of ketones is 1. The molecule has 0 bridgehead atoms. The highest BCUT2D eigenvalue weighted by molar-refractivity contribution is 7.89. The van der Waals surface area contributed by atoms with Gasteiger partial charge in [-0.1, -0.05) is 61.0 Å². The Morgan fingerprint density at radius 2 is 1.69 bits per heavy atom. The molecule has 0 spiro atoms. The van der Waals surface area contributed by atoms with Crippen molar-refractivity contribution in [2.45, 2.75) is 37.1 Å². The molecule has 1 atom stereocenters. The number of nitrogens with zero attached hydrogens (tertiary/aromatic N) is 1. The van der Waals surface area contributed by atoms with Gasteiger partial charge in [0.2, 0.25) is 10.0 Å². The second-order valence-electron chi connectivity index (χ2n) is 6.66. The van der Waals surface area contributed by atoms with Gasteiger partial charge in [0.15, 0.2) is 5.78 Å². The molecule has 2 aromatic carbocycles. The third kappa shape index (κ3) is 3.64. The van der Waals surface area contributed by atoms with Gasteiger partial charge in [0.05, 0.1) is 10.9 Å². The van der Waals surface area contributed by atoms with E-state index in [0.717, 1.165) is 18.4 Å². The molecule has 0 aliphatic carbocycles. The summed E-state index contributed by atoms with van der Waals surface area (Å²) in [5.74, 6) is -0.193. The predicted molar refractivity (Wildman–Crippen MR) is 103 cm³/mol. The van der Waals surface area contributed by atoms with E-state index in [1.54, 1.807) is 48.5 Å². The fourth-order valence-corrected chi connectivity index (χ4v) is 5.00. The first kappa shape index (κ1) is 18.5. The number of hydrogen-bond acceptors (Lipinski definition) is 3. The van der Waals surface area contributed by atoms with E-state index in [1.165, 1.54) is 4.31 Å². The molecule has 0 radical (unpaired) electrons. The number of rotatable bonds is 5. The Morgan fingerprint density at radius 3 is 2.35 bits per heavy atom. The van der Waals surface area contributed by atoms with E-state index in [0.29, 0.717) is 24.1 Å². The van der Waals surface area contributed by atoms with Crippen LogP contribution in [0.15, 0.2) is 71.6 Å².